The van der Waals surface area contributed by atoms with Gasteiger partial charge in [0.2, 0.25) is 5.91 Å². The molecule has 0 N–H and O–H groups in total. The van der Waals surface area contributed by atoms with Gasteiger partial charge in [-0.05, 0) is 30.2 Å². The second kappa shape index (κ2) is 10.1. The molecule has 0 unspecified atom stereocenters. The Bertz CT molecular complexity index is 1070. The zero-order valence-corrected chi connectivity index (χ0v) is 18.2. The van der Waals surface area contributed by atoms with E-state index in [1.54, 1.807) is 6.33 Å². The summed E-state index contributed by atoms with van der Waals surface area (Å²) < 4.78 is 1.91. The van der Waals surface area contributed by atoms with Gasteiger partial charge in [0.25, 0.3) is 0 Å². The molecule has 0 aliphatic heterocycles. The summed E-state index contributed by atoms with van der Waals surface area (Å²) in [4.78, 5) is 15.1. The van der Waals surface area contributed by atoms with Gasteiger partial charge in [0.05, 0.1) is 5.75 Å². The third-order valence-corrected chi connectivity index (χ3v) is 5.87. The van der Waals surface area contributed by atoms with E-state index < -0.39 is 0 Å². The number of rotatable bonds is 8. The molecule has 0 spiro atoms. The van der Waals surface area contributed by atoms with Crippen LogP contribution in [0.15, 0.2) is 96.4 Å². The van der Waals surface area contributed by atoms with Crippen molar-refractivity contribution in [1.82, 2.24) is 19.7 Å². The fourth-order valence-electron chi connectivity index (χ4n) is 3.26. The molecule has 4 rings (SSSR count). The van der Waals surface area contributed by atoms with Crippen LogP contribution < -0.4 is 0 Å². The normalized spacial score (nSPS) is 10.7. The van der Waals surface area contributed by atoms with E-state index in [1.807, 2.05) is 82.3 Å². The van der Waals surface area contributed by atoms with Gasteiger partial charge in [-0.15, -0.1) is 10.2 Å². The predicted octanol–water partition coefficient (Wildman–Crippen LogP) is 4.90. The predicted molar refractivity (Wildman–Crippen MR) is 124 cm³/mol. The summed E-state index contributed by atoms with van der Waals surface area (Å²) in [6, 6.07) is 28.3. The van der Waals surface area contributed by atoms with Crippen molar-refractivity contribution in [3.8, 4) is 5.69 Å². The van der Waals surface area contributed by atoms with Crippen LogP contribution in [0.4, 0.5) is 0 Å². The Kier molecular flexibility index (Phi) is 6.79. The summed E-state index contributed by atoms with van der Waals surface area (Å²) in [5.74, 6) is 0.362. The molecule has 4 aromatic rings. The first-order valence-corrected chi connectivity index (χ1v) is 11.1. The van der Waals surface area contributed by atoms with Crippen molar-refractivity contribution < 1.29 is 4.79 Å². The second-order valence-electron chi connectivity index (χ2n) is 7.33. The quantitative estimate of drug-likeness (QED) is 0.375. The number of amides is 1. The van der Waals surface area contributed by atoms with E-state index in [1.165, 1.54) is 17.3 Å². The molecule has 0 aliphatic carbocycles. The van der Waals surface area contributed by atoms with Crippen LogP contribution >= 0.6 is 11.8 Å². The van der Waals surface area contributed by atoms with Gasteiger partial charge in [-0.25, -0.2) is 0 Å². The number of nitrogens with zero attached hydrogens (tertiary/aromatic N) is 4. The highest BCUT2D eigenvalue weighted by Crippen LogP contribution is 2.21. The average Bonchev–Trinajstić information content (AvgIpc) is 3.27. The molecule has 0 aliphatic rings. The first-order valence-electron chi connectivity index (χ1n) is 10.1. The van der Waals surface area contributed by atoms with E-state index in [0.717, 1.165) is 16.8 Å². The lowest BCUT2D eigenvalue weighted by molar-refractivity contribution is -0.129. The number of carbonyl (C=O) groups is 1. The molecule has 0 saturated carbocycles. The highest BCUT2D eigenvalue weighted by molar-refractivity contribution is 7.99. The van der Waals surface area contributed by atoms with Gasteiger partial charge in [-0.3, -0.25) is 9.36 Å². The van der Waals surface area contributed by atoms with Gasteiger partial charge in [0, 0.05) is 18.8 Å². The maximum atomic E-state index is 13.2. The molecule has 5 nitrogen and oxygen atoms in total. The number of aryl methyl sites for hydroxylation is 1. The minimum absolute atomic E-state index is 0.0659. The SMILES string of the molecule is Cc1ccc(-n2cnnc2SCC(=O)N(Cc2ccccc2)Cc2ccccc2)cc1. The van der Waals surface area contributed by atoms with E-state index in [4.69, 9.17) is 0 Å². The van der Waals surface area contributed by atoms with E-state index >= 15 is 0 Å². The molecule has 6 heteroatoms. The van der Waals surface area contributed by atoms with Gasteiger partial charge in [0.1, 0.15) is 6.33 Å². The highest BCUT2D eigenvalue weighted by atomic mass is 32.2. The van der Waals surface area contributed by atoms with Crippen molar-refractivity contribution in [2.24, 2.45) is 0 Å². The summed E-state index contributed by atoms with van der Waals surface area (Å²) in [5.41, 5.74) is 4.40. The molecular weight excluding hydrogens is 404 g/mol. The summed E-state index contributed by atoms with van der Waals surface area (Å²) in [7, 11) is 0. The molecule has 1 amide bonds. The van der Waals surface area contributed by atoms with E-state index in [0.29, 0.717) is 24.0 Å². The van der Waals surface area contributed by atoms with Gasteiger partial charge >= 0.3 is 0 Å². The molecule has 0 atom stereocenters. The molecular formula is C25H24N4OS. The molecule has 0 bridgehead atoms. The van der Waals surface area contributed by atoms with Crippen LogP contribution in [0.25, 0.3) is 5.69 Å². The molecule has 1 aromatic heterocycles. The molecule has 156 valence electrons. The number of hydrogen-bond donors (Lipinski definition) is 0. The topological polar surface area (TPSA) is 51.0 Å². The lowest BCUT2D eigenvalue weighted by Gasteiger charge is -2.23. The lowest BCUT2D eigenvalue weighted by Crippen LogP contribution is -2.31. The largest absolute Gasteiger partial charge is 0.333 e. The Morgan fingerprint density at radius 1 is 0.871 bits per heavy atom. The third-order valence-electron chi connectivity index (χ3n) is 4.94. The van der Waals surface area contributed by atoms with Gasteiger partial charge in [0.15, 0.2) is 5.16 Å². The van der Waals surface area contributed by atoms with E-state index in [-0.39, 0.29) is 5.91 Å². The Hall–Kier alpha value is -3.38. The fourth-order valence-corrected chi connectivity index (χ4v) is 4.09. The second-order valence-corrected chi connectivity index (χ2v) is 8.27. The lowest BCUT2D eigenvalue weighted by atomic mass is 10.1. The molecule has 31 heavy (non-hydrogen) atoms. The minimum atomic E-state index is 0.0659. The van der Waals surface area contributed by atoms with Crippen molar-refractivity contribution >= 4 is 17.7 Å². The number of benzene rings is 3. The maximum Gasteiger partial charge on any atom is 0.233 e. The Morgan fingerprint density at radius 2 is 1.45 bits per heavy atom. The Balaban J connectivity index is 1.47. The van der Waals surface area contributed by atoms with Crippen molar-refractivity contribution in [2.45, 2.75) is 25.2 Å². The Labute approximate surface area is 186 Å². The monoisotopic (exact) mass is 428 g/mol. The average molecular weight is 429 g/mol. The molecule has 0 radical (unpaired) electrons. The Morgan fingerprint density at radius 3 is 2.03 bits per heavy atom. The molecule has 0 fully saturated rings. The van der Waals surface area contributed by atoms with Gasteiger partial charge < -0.3 is 4.90 Å². The van der Waals surface area contributed by atoms with Gasteiger partial charge in [-0.1, -0.05) is 90.1 Å². The third kappa shape index (κ3) is 5.61. The minimum Gasteiger partial charge on any atom is -0.333 e. The first kappa shape index (κ1) is 20.9. The summed E-state index contributed by atoms with van der Waals surface area (Å²) in [6.07, 6.45) is 1.68. The van der Waals surface area contributed by atoms with Crippen LogP contribution in [0.3, 0.4) is 0 Å². The maximum absolute atomic E-state index is 13.2. The number of thioether (sulfide) groups is 1. The van der Waals surface area contributed by atoms with E-state index in [2.05, 4.69) is 29.3 Å². The zero-order chi connectivity index (χ0) is 21.5. The fraction of sp³-hybridized carbons (Fsp3) is 0.160. The molecule has 0 saturated heterocycles. The number of carbonyl (C=O) groups excluding carboxylic acids is 1. The van der Waals surface area contributed by atoms with Crippen LogP contribution in [0, 0.1) is 6.92 Å². The van der Waals surface area contributed by atoms with Crippen molar-refractivity contribution in [1.29, 1.82) is 0 Å². The smallest absolute Gasteiger partial charge is 0.233 e. The highest BCUT2D eigenvalue weighted by Gasteiger charge is 2.17. The van der Waals surface area contributed by atoms with Crippen LogP contribution in [0.2, 0.25) is 0 Å². The summed E-state index contributed by atoms with van der Waals surface area (Å²) >= 11 is 1.41. The van der Waals surface area contributed by atoms with Crippen molar-refractivity contribution in [3.05, 3.63) is 108 Å². The van der Waals surface area contributed by atoms with Crippen LogP contribution in [-0.2, 0) is 17.9 Å². The zero-order valence-electron chi connectivity index (χ0n) is 17.4. The molecule has 1 heterocycles. The van der Waals surface area contributed by atoms with E-state index in [9.17, 15) is 4.79 Å². The van der Waals surface area contributed by atoms with Crippen LogP contribution in [-0.4, -0.2) is 31.3 Å². The summed E-state index contributed by atoms with van der Waals surface area (Å²) in [6.45, 7) is 3.19. The standard InChI is InChI=1S/C25H24N4OS/c1-20-12-14-23(15-13-20)29-19-26-27-25(29)31-18-24(30)28(16-21-8-4-2-5-9-21)17-22-10-6-3-7-11-22/h2-15,19H,16-18H2,1H3. The van der Waals surface area contributed by atoms with Crippen LogP contribution in [0.1, 0.15) is 16.7 Å². The van der Waals surface area contributed by atoms with Gasteiger partial charge in [-0.2, -0.15) is 0 Å². The van der Waals surface area contributed by atoms with Crippen LogP contribution in [0.5, 0.6) is 0 Å². The molecule has 3 aromatic carbocycles. The van der Waals surface area contributed by atoms with Crippen molar-refractivity contribution in [2.75, 3.05) is 5.75 Å². The van der Waals surface area contributed by atoms with Crippen molar-refractivity contribution in [3.63, 3.8) is 0 Å². The number of aromatic nitrogens is 3. The first-order chi connectivity index (χ1) is 15.2. The summed E-state index contributed by atoms with van der Waals surface area (Å²) in [5, 5.41) is 8.97. The number of hydrogen-bond acceptors (Lipinski definition) is 4.